The summed E-state index contributed by atoms with van der Waals surface area (Å²) in [4.78, 5) is 19.6. The summed E-state index contributed by atoms with van der Waals surface area (Å²) in [5.74, 6) is -0.683. The van der Waals surface area contributed by atoms with Crippen molar-refractivity contribution in [3.05, 3.63) is 0 Å². The zero-order valence-corrected chi connectivity index (χ0v) is 11.1. The maximum absolute atomic E-state index is 11.7. The van der Waals surface area contributed by atoms with Crippen LogP contribution in [-0.2, 0) is 14.3 Å². The monoisotopic (exact) mass is 296 g/mol. The molecule has 1 saturated heterocycles. The minimum absolute atomic E-state index is 0.0615. The number of hydrogen-bond acceptors (Lipinski definition) is 7. The van der Waals surface area contributed by atoms with E-state index in [-0.39, 0.29) is 24.1 Å². The van der Waals surface area contributed by atoms with Crippen molar-refractivity contribution in [1.82, 2.24) is 5.32 Å². The summed E-state index contributed by atoms with van der Waals surface area (Å²) in [5, 5.41) is 28.9. The molecule has 4 atom stereocenters. The van der Waals surface area contributed by atoms with Gasteiger partial charge < -0.3 is 19.7 Å². The number of amidine groups is 1. The van der Waals surface area contributed by atoms with E-state index in [4.69, 9.17) is 14.9 Å². The predicted octanol–water partition coefficient (Wildman–Crippen LogP) is -2.96. The number of amides is 1. The van der Waals surface area contributed by atoms with Crippen LogP contribution >= 0.6 is 0 Å². The molecule has 10 nitrogen and oxygen atoms in total. The van der Waals surface area contributed by atoms with Gasteiger partial charge >= 0.3 is 11.7 Å². The number of fused-ring (bicyclic) bond motifs is 1. The Morgan fingerprint density at radius 1 is 1.62 bits per heavy atom. The van der Waals surface area contributed by atoms with E-state index in [0.29, 0.717) is 0 Å². The highest BCUT2D eigenvalue weighted by molar-refractivity contribution is 6.69. The number of guanidine groups is 1. The maximum Gasteiger partial charge on any atom is 0.317 e. The number of aliphatic hydroxyl groups is 2. The Kier molecular flexibility index (Phi) is 3.37. The lowest BCUT2D eigenvalue weighted by Crippen LogP contribution is -2.50. The number of methoxy groups -OCH3 is 1. The van der Waals surface area contributed by atoms with Crippen LogP contribution in [0.5, 0.6) is 0 Å². The summed E-state index contributed by atoms with van der Waals surface area (Å²) in [6.45, 7) is -0.373. The molecule has 3 heterocycles. The van der Waals surface area contributed by atoms with Gasteiger partial charge in [-0.25, -0.2) is 0 Å². The van der Waals surface area contributed by atoms with E-state index < -0.39 is 30.4 Å². The molecule has 4 N–H and O–H groups in total. The van der Waals surface area contributed by atoms with Crippen molar-refractivity contribution in [1.29, 1.82) is 5.41 Å². The molecule has 0 radical (unpaired) electrons. The standard InChI is InChI=1S/C11H13N5O5/c1-20-7-6(18)4(2-17)21-10(7)16-3-13-5-8(16)14-11(12)15-9(5)19/h3-4,6-7,10,17-18H,2H2,1H3,(H-,12,15,19)/p+1/t4-,6-,7-,10-/m1/s1. The Morgan fingerprint density at radius 2 is 2.38 bits per heavy atom. The number of hydrogen-bond donors (Lipinski definition) is 4. The highest BCUT2D eigenvalue weighted by Gasteiger charge is 2.51. The molecule has 112 valence electrons. The molecular formula is C11H14N5O5+. The predicted molar refractivity (Wildman–Crippen MR) is 69.6 cm³/mol. The highest BCUT2D eigenvalue weighted by Crippen LogP contribution is 2.25. The number of carbonyl (C=O) groups excluding carboxylic acids is 1. The zero-order chi connectivity index (χ0) is 15.1. The minimum atomic E-state index is -1.03. The summed E-state index contributed by atoms with van der Waals surface area (Å²) in [7, 11) is 1.40. The third kappa shape index (κ3) is 2.08. The number of aliphatic hydroxyl groups excluding tert-OH is 2. The maximum atomic E-state index is 11.7. The molecule has 0 saturated carbocycles. The average molecular weight is 296 g/mol. The summed E-state index contributed by atoms with van der Waals surface area (Å²) in [6, 6.07) is 0. The topological polar surface area (TPSA) is 140 Å². The molecule has 0 aromatic carbocycles. The molecule has 0 bridgehead atoms. The molecular weight excluding hydrogens is 282 g/mol. The molecule has 3 aliphatic heterocycles. The van der Waals surface area contributed by atoms with Gasteiger partial charge in [-0.3, -0.25) is 15.5 Å². The van der Waals surface area contributed by atoms with Crippen LogP contribution in [0.3, 0.4) is 0 Å². The van der Waals surface area contributed by atoms with Crippen molar-refractivity contribution in [3.8, 4) is 0 Å². The molecule has 1 fully saturated rings. The van der Waals surface area contributed by atoms with E-state index in [1.807, 2.05) is 0 Å². The van der Waals surface area contributed by atoms with E-state index >= 15 is 0 Å². The normalized spacial score (nSPS) is 35.1. The van der Waals surface area contributed by atoms with Crippen molar-refractivity contribution in [2.24, 2.45) is 9.98 Å². The van der Waals surface area contributed by atoms with Gasteiger partial charge in [-0.1, -0.05) is 9.98 Å². The summed E-state index contributed by atoms with van der Waals surface area (Å²) in [6.07, 6.45) is -2.07. The van der Waals surface area contributed by atoms with Crippen LogP contribution < -0.4 is 5.32 Å². The SMILES string of the molecule is CO[C@@H]1[C@H](O)[C@@H](CO)O[C@H]1[N+]1=CN=C2C(=O)NC(=N)N=C21. The number of aliphatic imine (C=N–C) groups is 2. The third-order valence-corrected chi connectivity index (χ3v) is 3.47. The van der Waals surface area contributed by atoms with Crippen LogP contribution in [0.25, 0.3) is 0 Å². The highest BCUT2D eigenvalue weighted by atomic mass is 16.6. The first-order chi connectivity index (χ1) is 10.1. The summed E-state index contributed by atoms with van der Waals surface area (Å²) >= 11 is 0. The van der Waals surface area contributed by atoms with Crippen LogP contribution in [0.1, 0.15) is 0 Å². The Morgan fingerprint density at radius 3 is 3.05 bits per heavy atom. The van der Waals surface area contributed by atoms with Gasteiger partial charge in [-0.15, -0.1) is 0 Å². The molecule has 0 aliphatic carbocycles. The fourth-order valence-electron chi connectivity index (χ4n) is 2.46. The van der Waals surface area contributed by atoms with Gasteiger partial charge in [0.05, 0.1) is 6.61 Å². The van der Waals surface area contributed by atoms with Crippen molar-refractivity contribution < 1.29 is 29.1 Å². The lowest BCUT2D eigenvalue weighted by Gasteiger charge is -2.19. The number of nitrogens with zero attached hydrogens (tertiary/aromatic N) is 3. The largest absolute Gasteiger partial charge is 0.394 e. The Balaban J connectivity index is 1.92. The van der Waals surface area contributed by atoms with Crippen LogP contribution in [0, 0.1) is 5.41 Å². The van der Waals surface area contributed by atoms with Crippen LogP contribution in [0.2, 0.25) is 0 Å². The molecule has 10 heteroatoms. The van der Waals surface area contributed by atoms with E-state index in [9.17, 15) is 15.0 Å². The number of carbonyl (C=O) groups is 1. The van der Waals surface area contributed by atoms with E-state index in [1.165, 1.54) is 18.0 Å². The van der Waals surface area contributed by atoms with Crippen LogP contribution in [-0.4, -0.2) is 82.8 Å². The van der Waals surface area contributed by atoms with Gasteiger partial charge in [-0.2, -0.15) is 4.58 Å². The summed E-state index contributed by atoms with van der Waals surface area (Å²) in [5.41, 5.74) is 0.0615. The molecule has 0 spiro atoms. The first-order valence-corrected chi connectivity index (χ1v) is 6.22. The second-order valence-electron chi connectivity index (χ2n) is 4.68. The number of rotatable bonds is 3. The first kappa shape index (κ1) is 13.9. The van der Waals surface area contributed by atoms with Gasteiger partial charge in [0.2, 0.25) is 12.6 Å². The van der Waals surface area contributed by atoms with Crippen molar-refractivity contribution in [2.75, 3.05) is 13.7 Å². The lowest BCUT2D eigenvalue weighted by molar-refractivity contribution is -0.518. The van der Waals surface area contributed by atoms with E-state index in [1.54, 1.807) is 0 Å². The van der Waals surface area contributed by atoms with Gasteiger partial charge in [0.15, 0.2) is 0 Å². The van der Waals surface area contributed by atoms with E-state index in [2.05, 4.69) is 15.3 Å². The second-order valence-corrected chi connectivity index (χ2v) is 4.68. The summed E-state index contributed by atoms with van der Waals surface area (Å²) < 4.78 is 12.2. The van der Waals surface area contributed by atoms with Gasteiger partial charge in [0.25, 0.3) is 11.7 Å². The third-order valence-electron chi connectivity index (χ3n) is 3.47. The van der Waals surface area contributed by atoms with E-state index in [0.717, 1.165) is 0 Å². The molecule has 0 aromatic heterocycles. The molecule has 0 aromatic rings. The number of nitrogens with one attached hydrogen (secondary N) is 2. The van der Waals surface area contributed by atoms with Gasteiger partial charge in [0, 0.05) is 7.11 Å². The number of ether oxygens (including phenoxy) is 2. The molecule has 1 amide bonds. The first-order valence-electron chi connectivity index (χ1n) is 6.22. The molecule has 3 aliphatic rings. The Labute approximate surface area is 118 Å². The van der Waals surface area contributed by atoms with Crippen molar-refractivity contribution >= 4 is 29.8 Å². The molecule has 3 rings (SSSR count). The minimum Gasteiger partial charge on any atom is -0.394 e. The smallest absolute Gasteiger partial charge is 0.317 e. The Hall–Kier alpha value is -2.01. The lowest BCUT2D eigenvalue weighted by atomic mass is 10.1. The van der Waals surface area contributed by atoms with Gasteiger partial charge in [-0.05, 0) is 0 Å². The fraction of sp³-hybridized carbons (Fsp3) is 0.545. The Bertz CT molecular complexity index is 598. The van der Waals surface area contributed by atoms with Crippen molar-refractivity contribution in [3.63, 3.8) is 0 Å². The average Bonchev–Trinajstić information content (AvgIpc) is 2.99. The fourth-order valence-corrected chi connectivity index (χ4v) is 2.46. The second kappa shape index (κ2) is 5.07. The van der Waals surface area contributed by atoms with Crippen LogP contribution in [0.4, 0.5) is 0 Å². The molecule has 21 heavy (non-hydrogen) atoms. The van der Waals surface area contributed by atoms with Crippen LogP contribution in [0.15, 0.2) is 9.98 Å². The quantitative estimate of drug-likeness (QED) is 0.412. The van der Waals surface area contributed by atoms with Crippen molar-refractivity contribution in [2.45, 2.75) is 24.5 Å². The molecule has 0 unspecified atom stereocenters. The zero-order valence-electron chi connectivity index (χ0n) is 11.1. The van der Waals surface area contributed by atoms with Gasteiger partial charge in [0.1, 0.15) is 18.3 Å².